The maximum atomic E-state index is 6.06. The number of rotatable bonds is 6. The molecule has 0 fully saturated rings. The Morgan fingerprint density at radius 3 is 2.66 bits per heavy atom. The minimum atomic E-state index is 0.278. The first-order chi connectivity index (χ1) is 14.2. The van der Waals surface area contributed by atoms with Gasteiger partial charge in [-0.3, -0.25) is 4.90 Å². The molecule has 4 rings (SSSR count). The lowest BCUT2D eigenvalue weighted by molar-refractivity contribution is 0.302. The van der Waals surface area contributed by atoms with Gasteiger partial charge in [0.1, 0.15) is 0 Å². The molecule has 0 bridgehead atoms. The van der Waals surface area contributed by atoms with Crippen molar-refractivity contribution in [2.75, 3.05) is 25.4 Å². The van der Waals surface area contributed by atoms with Gasteiger partial charge >= 0.3 is 0 Å². The second-order valence-corrected chi connectivity index (χ2v) is 7.57. The monoisotopic (exact) mass is 454 g/mol. The fourth-order valence-electron chi connectivity index (χ4n) is 3.35. The first-order valence-electron chi connectivity index (χ1n) is 9.71. The third-order valence-corrected chi connectivity index (χ3v) is 5.59. The van der Waals surface area contributed by atoms with Gasteiger partial charge in [-0.25, -0.2) is 9.97 Å². The molecule has 2 N–H and O–H groups in total. The summed E-state index contributed by atoms with van der Waals surface area (Å²) in [7, 11) is 0. The van der Waals surface area contributed by atoms with Gasteiger partial charge in [0.25, 0.3) is 5.89 Å². The SMILES string of the molecule is CCCN1CC=C(c2cnc(N)c(-c3nnc(-c4ccc(CBr)cc4)o3)n2)CC1. The summed E-state index contributed by atoms with van der Waals surface area (Å²) < 4.78 is 5.86. The first-order valence-corrected chi connectivity index (χ1v) is 10.8. The van der Waals surface area contributed by atoms with Crippen molar-refractivity contribution in [3.05, 3.63) is 47.8 Å². The van der Waals surface area contributed by atoms with Crippen molar-refractivity contribution in [1.29, 1.82) is 0 Å². The highest BCUT2D eigenvalue weighted by atomic mass is 79.9. The van der Waals surface area contributed by atoms with Crippen LogP contribution in [0.3, 0.4) is 0 Å². The Hall–Kier alpha value is -2.58. The molecular weight excluding hydrogens is 432 g/mol. The molecule has 0 aliphatic carbocycles. The molecule has 8 heteroatoms. The standard InChI is InChI=1S/C21H23BrN6O/c1-2-9-28-10-7-15(8-11-28)17-13-24-19(23)18(25-17)21-27-26-20(29-21)16-5-3-14(12-22)4-6-16/h3-7,13H,2,8-12H2,1H3,(H2,23,24). The normalized spacial score (nSPS) is 14.8. The Labute approximate surface area is 178 Å². The Kier molecular flexibility index (Phi) is 6.01. The van der Waals surface area contributed by atoms with Gasteiger partial charge in [-0.1, -0.05) is 41.1 Å². The van der Waals surface area contributed by atoms with Crippen molar-refractivity contribution < 1.29 is 4.42 Å². The molecule has 0 saturated heterocycles. The van der Waals surface area contributed by atoms with Crippen molar-refractivity contribution in [2.45, 2.75) is 25.1 Å². The molecule has 1 aliphatic rings. The second-order valence-electron chi connectivity index (χ2n) is 7.01. The molecule has 0 atom stereocenters. The smallest absolute Gasteiger partial charge is 0.270 e. The number of nitrogens with zero attached hydrogens (tertiary/aromatic N) is 5. The summed E-state index contributed by atoms with van der Waals surface area (Å²) in [5, 5.41) is 9.11. The molecule has 0 spiro atoms. The van der Waals surface area contributed by atoms with Gasteiger partial charge in [0.05, 0.1) is 11.9 Å². The maximum Gasteiger partial charge on any atom is 0.270 e. The van der Waals surface area contributed by atoms with Crippen LogP contribution in [0.1, 0.15) is 31.0 Å². The van der Waals surface area contributed by atoms with Crippen LogP contribution in [-0.4, -0.2) is 44.7 Å². The number of hydrogen-bond donors (Lipinski definition) is 1. The van der Waals surface area contributed by atoms with Crippen LogP contribution in [-0.2, 0) is 5.33 Å². The Morgan fingerprint density at radius 2 is 1.97 bits per heavy atom. The minimum Gasteiger partial charge on any atom is -0.414 e. The van der Waals surface area contributed by atoms with E-state index in [-0.39, 0.29) is 11.7 Å². The topological polar surface area (TPSA) is 94.0 Å². The van der Waals surface area contributed by atoms with Gasteiger partial charge in [0.2, 0.25) is 5.89 Å². The molecule has 0 unspecified atom stereocenters. The molecule has 0 saturated carbocycles. The number of nitrogens with two attached hydrogens (primary N) is 1. The zero-order valence-corrected chi connectivity index (χ0v) is 17.9. The van der Waals surface area contributed by atoms with E-state index in [9.17, 15) is 0 Å². The summed E-state index contributed by atoms with van der Waals surface area (Å²) in [5.41, 5.74) is 10.5. The molecule has 0 radical (unpaired) electrons. The number of benzene rings is 1. The molecular formula is C21H23BrN6O. The molecule has 29 heavy (non-hydrogen) atoms. The Balaban J connectivity index is 1.59. The van der Waals surface area contributed by atoms with Gasteiger partial charge in [0.15, 0.2) is 11.5 Å². The quantitative estimate of drug-likeness (QED) is 0.558. The lowest BCUT2D eigenvalue weighted by Gasteiger charge is -2.25. The summed E-state index contributed by atoms with van der Waals surface area (Å²) in [5.74, 6) is 0.989. The summed E-state index contributed by atoms with van der Waals surface area (Å²) >= 11 is 3.44. The van der Waals surface area contributed by atoms with E-state index in [2.05, 4.69) is 49.0 Å². The zero-order valence-electron chi connectivity index (χ0n) is 16.3. The molecule has 2 aromatic heterocycles. The van der Waals surface area contributed by atoms with Crippen LogP contribution >= 0.6 is 15.9 Å². The molecule has 1 aromatic carbocycles. The zero-order chi connectivity index (χ0) is 20.2. The highest BCUT2D eigenvalue weighted by Crippen LogP contribution is 2.28. The van der Waals surface area contributed by atoms with Gasteiger partial charge in [-0.05, 0) is 42.7 Å². The highest BCUT2D eigenvalue weighted by Gasteiger charge is 2.19. The van der Waals surface area contributed by atoms with E-state index in [1.165, 1.54) is 11.1 Å². The van der Waals surface area contributed by atoms with Gasteiger partial charge in [0, 0.05) is 24.0 Å². The van der Waals surface area contributed by atoms with Crippen LogP contribution in [0.25, 0.3) is 28.6 Å². The number of hydrogen-bond acceptors (Lipinski definition) is 7. The number of anilines is 1. The molecule has 150 valence electrons. The van der Waals surface area contributed by atoms with Crippen LogP contribution in [0.2, 0.25) is 0 Å². The third kappa shape index (κ3) is 4.38. The molecule has 1 aliphatic heterocycles. The predicted molar refractivity (Wildman–Crippen MR) is 117 cm³/mol. The van der Waals surface area contributed by atoms with E-state index < -0.39 is 0 Å². The Bertz CT molecular complexity index is 1010. The van der Waals surface area contributed by atoms with E-state index in [1.54, 1.807) is 6.20 Å². The van der Waals surface area contributed by atoms with Crippen molar-refractivity contribution in [3.63, 3.8) is 0 Å². The van der Waals surface area contributed by atoms with Crippen molar-refractivity contribution in [2.24, 2.45) is 0 Å². The lowest BCUT2D eigenvalue weighted by Crippen LogP contribution is -2.29. The van der Waals surface area contributed by atoms with Crippen LogP contribution in [0.4, 0.5) is 5.82 Å². The van der Waals surface area contributed by atoms with Crippen molar-refractivity contribution in [1.82, 2.24) is 25.1 Å². The third-order valence-electron chi connectivity index (χ3n) is 4.95. The van der Waals surface area contributed by atoms with E-state index in [4.69, 9.17) is 15.1 Å². The molecule has 7 nitrogen and oxygen atoms in total. The fraction of sp³-hybridized carbons (Fsp3) is 0.333. The maximum absolute atomic E-state index is 6.06. The van der Waals surface area contributed by atoms with E-state index >= 15 is 0 Å². The fourth-order valence-corrected chi connectivity index (χ4v) is 3.72. The van der Waals surface area contributed by atoms with Crippen LogP contribution in [0.5, 0.6) is 0 Å². The van der Waals surface area contributed by atoms with E-state index in [0.717, 1.165) is 49.1 Å². The Morgan fingerprint density at radius 1 is 1.17 bits per heavy atom. The number of halogens is 1. The van der Waals surface area contributed by atoms with E-state index in [0.29, 0.717) is 11.6 Å². The average molecular weight is 455 g/mol. The average Bonchev–Trinajstić information content (AvgIpc) is 3.25. The van der Waals surface area contributed by atoms with Crippen molar-refractivity contribution in [3.8, 4) is 23.0 Å². The lowest BCUT2D eigenvalue weighted by atomic mass is 10.0. The van der Waals surface area contributed by atoms with Crippen LogP contribution < -0.4 is 5.73 Å². The molecule has 3 aromatic rings. The summed E-state index contributed by atoms with van der Waals surface area (Å²) in [6.45, 7) is 5.27. The summed E-state index contributed by atoms with van der Waals surface area (Å²) in [6, 6.07) is 7.93. The van der Waals surface area contributed by atoms with Gasteiger partial charge in [-0.15, -0.1) is 10.2 Å². The first kappa shape index (κ1) is 19.7. The van der Waals surface area contributed by atoms with Crippen LogP contribution in [0, 0.1) is 0 Å². The highest BCUT2D eigenvalue weighted by molar-refractivity contribution is 9.08. The second kappa shape index (κ2) is 8.84. The van der Waals surface area contributed by atoms with Crippen LogP contribution in [0.15, 0.2) is 41.0 Å². The van der Waals surface area contributed by atoms with E-state index in [1.807, 2.05) is 24.3 Å². The number of aromatic nitrogens is 4. The predicted octanol–water partition coefficient (Wildman–Crippen LogP) is 4.17. The molecule has 3 heterocycles. The molecule has 0 amide bonds. The van der Waals surface area contributed by atoms with Gasteiger partial charge in [-0.2, -0.15) is 0 Å². The number of nitrogen functional groups attached to an aromatic ring is 1. The minimum absolute atomic E-state index is 0.278. The number of alkyl halides is 1. The summed E-state index contributed by atoms with van der Waals surface area (Å²) in [4.78, 5) is 11.4. The van der Waals surface area contributed by atoms with Crippen molar-refractivity contribution >= 4 is 27.3 Å². The largest absolute Gasteiger partial charge is 0.414 e. The summed E-state index contributed by atoms with van der Waals surface area (Å²) in [6.07, 6.45) is 6.03. The van der Waals surface area contributed by atoms with Gasteiger partial charge < -0.3 is 10.2 Å².